The second-order valence-corrected chi connectivity index (χ2v) is 5.32. The van der Waals surface area contributed by atoms with Crippen molar-refractivity contribution in [1.29, 1.82) is 0 Å². The maximum atomic E-state index is 11.0. The Morgan fingerprint density at radius 1 is 1.36 bits per heavy atom. The highest BCUT2D eigenvalue weighted by Gasteiger charge is 2.23. The number of hydrogen-bond donors (Lipinski definition) is 0. The van der Waals surface area contributed by atoms with Crippen molar-refractivity contribution in [3.63, 3.8) is 0 Å². The third-order valence-corrected chi connectivity index (χ3v) is 3.04. The van der Waals surface area contributed by atoms with E-state index in [0.29, 0.717) is 24.8 Å². The molecule has 14 heavy (non-hydrogen) atoms. The van der Waals surface area contributed by atoms with Crippen molar-refractivity contribution in [1.82, 2.24) is 4.98 Å². The zero-order valence-electron chi connectivity index (χ0n) is 6.97. The number of nitrogens with zero attached hydrogens (tertiary/aromatic N) is 1. The summed E-state index contributed by atoms with van der Waals surface area (Å²) in [5.74, 6) is 0.626. The molecule has 76 valence electrons. The molecule has 0 atom stereocenters. The highest BCUT2D eigenvalue weighted by molar-refractivity contribution is 7.84. The van der Waals surface area contributed by atoms with E-state index in [1.165, 1.54) is 6.07 Å². The molecule has 0 spiro atoms. The van der Waals surface area contributed by atoms with Crippen LogP contribution < -0.4 is 9.47 Å². The van der Waals surface area contributed by atoms with E-state index in [4.69, 9.17) is 9.47 Å². The molecule has 5 nitrogen and oxygen atoms in total. The first-order chi connectivity index (χ1) is 6.57. The van der Waals surface area contributed by atoms with Crippen LogP contribution in [-0.2, 0) is 9.05 Å². The van der Waals surface area contributed by atoms with Gasteiger partial charge in [-0.15, -0.1) is 0 Å². The molecular weight excluding hydrogens is 230 g/mol. The van der Waals surface area contributed by atoms with Gasteiger partial charge in [0.25, 0.3) is 16.6 Å². The minimum atomic E-state index is -3.65. The SMILES string of the molecule is O=S(=O)([ClH+])c1cnc2c(c1)OCCO2. The van der Waals surface area contributed by atoms with Gasteiger partial charge in [0.1, 0.15) is 18.1 Å². The second-order valence-electron chi connectivity index (χ2n) is 2.63. The van der Waals surface area contributed by atoms with E-state index < -0.39 is 9.05 Å². The summed E-state index contributed by atoms with van der Waals surface area (Å²) in [6.45, 7) is 0.801. The smallest absolute Gasteiger partial charge is 0.410 e. The summed E-state index contributed by atoms with van der Waals surface area (Å²) in [5, 5.41) is 0. The number of aromatic nitrogens is 1. The molecule has 2 rings (SSSR count). The molecule has 1 aromatic heterocycles. The van der Waals surface area contributed by atoms with E-state index in [1.807, 2.05) is 0 Å². The zero-order chi connectivity index (χ0) is 10.2. The maximum Gasteiger partial charge on any atom is 0.410 e. The molecule has 0 aromatic carbocycles. The van der Waals surface area contributed by atoms with Gasteiger partial charge < -0.3 is 9.47 Å². The van der Waals surface area contributed by atoms with E-state index >= 15 is 0 Å². The molecule has 1 aromatic rings. The van der Waals surface area contributed by atoms with Crippen molar-refractivity contribution in [2.24, 2.45) is 0 Å². The first-order valence-electron chi connectivity index (χ1n) is 3.79. The molecular formula is C7H7ClNO4S+. The van der Waals surface area contributed by atoms with Crippen LogP contribution in [0.15, 0.2) is 17.2 Å². The predicted molar refractivity (Wildman–Crippen MR) is 43.8 cm³/mol. The Balaban J connectivity index is 2.49. The lowest BCUT2D eigenvalue weighted by Gasteiger charge is -2.16. The third kappa shape index (κ3) is 1.76. The molecule has 0 unspecified atom stereocenters. The molecule has 0 fully saturated rings. The fourth-order valence-electron chi connectivity index (χ4n) is 1.05. The fraction of sp³-hybridized carbons (Fsp3) is 0.286. The molecule has 1 aliphatic heterocycles. The third-order valence-electron chi connectivity index (χ3n) is 1.66. The summed E-state index contributed by atoms with van der Waals surface area (Å²) in [6, 6.07) is 1.32. The van der Waals surface area contributed by atoms with Crippen LogP contribution in [0.25, 0.3) is 0 Å². The lowest BCUT2D eigenvalue weighted by atomic mass is 10.4. The molecule has 0 radical (unpaired) electrons. The van der Waals surface area contributed by atoms with Crippen molar-refractivity contribution < 1.29 is 28.6 Å². The molecule has 0 N–H and O–H groups in total. The first kappa shape index (κ1) is 9.54. The van der Waals surface area contributed by atoms with Crippen molar-refractivity contribution in [3.8, 4) is 11.6 Å². The van der Waals surface area contributed by atoms with Gasteiger partial charge in [-0.2, -0.15) is 8.42 Å². The van der Waals surface area contributed by atoms with Gasteiger partial charge in [0.2, 0.25) is 0 Å². The van der Waals surface area contributed by atoms with Crippen molar-refractivity contribution >= 4 is 9.05 Å². The van der Waals surface area contributed by atoms with Crippen LogP contribution in [0.3, 0.4) is 0 Å². The summed E-state index contributed by atoms with van der Waals surface area (Å²) in [6.07, 6.45) is 1.16. The van der Waals surface area contributed by atoms with Gasteiger partial charge in [-0.3, -0.25) is 0 Å². The largest absolute Gasteiger partial charge is 0.484 e. The molecule has 0 saturated heterocycles. The van der Waals surface area contributed by atoms with E-state index in [2.05, 4.69) is 15.7 Å². The standard InChI is InChI=1S/C7H7ClNO4S/c8-14(10,11)5-3-6-7(9-4-5)13-2-1-12-6/h3-4,8H,1-2H2/q+1. The van der Waals surface area contributed by atoms with Gasteiger partial charge in [-0.25, -0.2) is 4.98 Å². The molecule has 0 aliphatic carbocycles. The van der Waals surface area contributed by atoms with Crippen LogP contribution in [0.1, 0.15) is 0 Å². The van der Waals surface area contributed by atoms with Crippen LogP contribution in [0.5, 0.6) is 11.6 Å². The molecule has 0 saturated carbocycles. The number of hydrogen-bond acceptors (Lipinski definition) is 5. The van der Waals surface area contributed by atoms with E-state index in [-0.39, 0.29) is 4.90 Å². The summed E-state index contributed by atoms with van der Waals surface area (Å²) < 4.78 is 32.3. The Morgan fingerprint density at radius 3 is 2.79 bits per heavy atom. The molecule has 1 aliphatic rings. The van der Waals surface area contributed by atoms with Gasteiger partial charge in [-0.1, -0.05) is 0 Å². The van der Waals surface area contributed by atoms with E-state index in [1.54, 1.807) is 0 Å². The van der Waals surface area contributed by atoms with Crippen LogP contribution in [-0.4, -0.2) is 26.6 Å². The Kier molecular flexibility index (Phi) is 2.24. The Labute approximate surface area is 85.0 Å². The summed E-state index contributed by atoms with van der Waals surface area (Å²) in [5.41, 5.74) is 0. The van der Waals surface area contributed by atoms with Crippen molar-refractivity contribution in [3.05, 3.63) is 12.3 Å². The van der Waals surface area contributed by atoms with Gasteiger partial charge in [0.05, 0.1) is 6.20 Å². The van der Waals surface area contributed by atoms with Gasteiger partial charge in [0, 0.05) is 6.07 Å². The molecule has 2 heterocycles. The van der Waals surface area contributed by atoms with Crippen molar-refractivity contribution in [2.75, 3.05) is 13.2 Å². The summed E-state index contributed by atoms with van der Waals surface area (Å²) in [4.78, 5) is 3.75. The number of fused-ring (bicyclic) bond motifs is 1. The Morgan fingerprint density at radius 2 is 2.07 bits per heavy atom. The van der Waals surface area contributed by atoms with E-state index in [0.717, 1.165) is 6.20 Å². The normalized spacial score (nSPS) is 15.2. The quantitative estimate of drug-likeness (QED) is 0.633. The zero-order valence-corrected chi connectivity index (χ0v) is 8.60. The van der Waals surface area contributed by atoms with Gasteiger partial charge in [0.15, 0.2) is 5.75 Å². The number of rotatable bonds is 1. The average Bonchev–Trinajstić information content (AvgIpc) is 2.16. The summed E-state index contributed by atoms with van der Waals surface area (Å²) in [7, 11) is 0.641. The Bertz CT molecular complexity index is 459. The van der Waals surface area contributed by atoms with E-state index in [9.17, 15) is 8.42 Å². The van der Waals surface area contributed by atoms with Crippen LogP contribution >= 0.6 is 0 Å². The highest BCUT2D eigenvalue weighted by Crippen LogP contribution is 2.29. The maximum absolute atomic E-state index is 11.0. The number of pyridine rings is 1. The van der Waals surface area contributed by atoms with Crippen LogP contribution in [0.4, 0.5) is 0 Å². The van der Waals surface area contributed by atoms with Crippen LogP contribution in [0.2, 0.25) is 0 Å². The fourth-order valence-corrected chi connectivity index (χ4v) is 1.76. The molecule has 0 amide bonds. The van der Waals surface area contributed by atoms with Gasteiger partial charge >= 0.3 is 9.05 Å². The topological polar surface area (TPSA) is 65.5 Å². The lowest BCUT2D eigenvalue weighted by Crippen LogP contribution is -2.16. The second kappa shape index (κ2) is 3.29. The Hall–Kier alpha value is -1.01. The minimum absolute atomic E-state index is 0.0447. The highest BCUT2D eigenvalue weighted by atomic mass is 35.7. The first-order valence-corrected chi connectivity index (χ1v) is 6.20. The van der Waals surface area contributed by atoms with Gasteiger partial charge in [-0.05, 0) is 0 Å². The van der Waals surface area contributed by atoms with Crippen LogP contribution in [0, 0.1) is 10.7 Å². The number of ether oxygens (including phenoxy) is 2. The molecule has 0 bridgehead atoms. The lowest BCUT2D eigenvalue weighted by molar-refractivity contribution is -0.165. The summed E-state index contributed by atoms with van der Waals surface area (Å²) >= 11 is 0. The monoisotopic (exact) mass is 236 g/mol. The predicted octanol–water partition coefficient (Wildman–Crippen LogP) is -0.177. The average molecular weight is 237 g/mol. The number of halogens is 1. The van der Waals surface area contributed by atoms with Crippen molar-refractivity contribution in [2.45, 2.75) is 4.90 Å². The minimum Gasteiger partial charge on any atom is -0.484 e. The molecule has 7 heteroatoms.